The van der Waals surface area contributed by atoms with Crippen LogP contribution < -0.4 is 10.0 Å². The van der Waals surface area contributed by atoms with Crippen LogP contribution in [-0.2, 0) is 14.8 Å². The first kappa shape index (κ1) is 15.0. The topological polar surface area (TPSA) is 88.2 Å². The van der Waals surface area contributed by atoms with Crippen molar-refractivity contribution in [2.45, 2.75) is 18.7 Å². The predicted molar refractivity (Wildman–Crippen MR) is 80.5 cm³/mol. The van der Waals surface area contributed by atoms with E-state index in [0.29, 0.717) is 5.69 Å². The zero-order chi connectivity index (χ0) is 15.5. The lowest BCUT2D eigenvalue weighted by Gasteiger charge is -2.08. The molecule has 2 N–H and O–H groups in total. The first-order chi connectivity index (χ1) is 9.87. The van der Waals surface area contributed by atoms with Gasteiger partial charge in [-0.25, -0.2) is 13.4 Å². The largest absolute Gasteiger partial charge is 0.326 e. The lowest BCUT2D eigenvalue weighted by atomic mass is 10.3. The molecule has 2 rings (SSSR count). The molecule has 7 heteroatoms. The van der Waals surface area contributed by atoms with Crippen LogP contribution in [0.15, 0.2) is 47.4 Å². The summed E-state index contributed by atoms with van der Waals surface area (Å²) in [6.45, 7) is 3.16. The maximum atomic E-state index is 12.2. The van der Waals surface area contributed by atoms with Crippen LogP contribution in [0.25, 0.3) is 0 Å². The molecule has 1 amide bonds. The molecule has 0 fully saturated rings. The van der Waals surface area contributed by atoms with E-state index >= 15 is 0 Å². The zero-order valence-corrected chi connectivity index (χ0v) is 12.4. The first-order valence-electron chi connectivity index (χ1n) is 6.21. The highest BCUT2D eigenvalue weighted by molar-refractivity contribution is 7.92. The molecule has 0 atom stereocenters. The summed E-state index contributed by atoms with van der Waals surface area (Å²) in [5.74, 6) is 0.0497. The lowest BCUT2D eigenvalue weighted by Crippen LogP contribution is -2.14. The van der Waals surface area contributed by atoms with Crippen molar-refractivity contribution in [1.29, 1.82) is 0 Å². The van der Waals surface area contributed by atoms with E-state index in [1.807, 2.05) is 0 Å². The average Bonchev–Trinajstić information content (AvgIpc) is 2.38. The van der Waals surface area contributed by atoms with Gasteiger partial charge >= 0.3 is 0 Å². The van der Waals surface area contributed by atoms with Gasteiger partial charge in [-0.15, -0.1) is 0 Å². The number of aryl methyl sites for hydroxylation is 1. The Morgan fingerprint density at radius 3 is 2.33 bits per heavy atom. The van der Waals surface area contributed by atoms with Crippen LogP contribution in [0.4, 0.5) is 11.5 Å². The van der Waals surface area contributed by atoms with E-state index < -0.39 is 10.0 Å². The van der Waals surface area contributed by atoms with E-state index in [0.717, 1.165) is 5.69 Å². The van der Waals surface area contributed by atoms with Gasteiger partial charge in [-0.05, 0) is 43.3 Å². The van der Waals surface area contributed by atoms with Crippen molar-refractivity contribution in [3.63, 3.8) is 0 Å². The number of nitrogens with one attached hydrogen (secondary N) is 2. The number of sulfonamides is 1. The number of hydrogen-bond acceptors (Lipinski definition) is 4. The number of rotatable bonds is 4. The second kappa shape index (κ2) is 5.92. The Bertz CT molecular complexity index is 755. The number of nitrogens with zero attached hydrogens (tertiary/aromatic N) is 1. The molecule has 0 aliphatic carbocycles. The molecule has 21 heavy (non-hydrogen) atoms. The first-order valence-corrected chi connectivity index (χ1v) is 7.69. The average molecular weight is 305 g/mol. The van der Waals surface area contributed by atoms with E-state index in [9.17, 15) is 13.2 Å². The molecule has 0 saturated heterocycles. The molecule has 0 unspecified atom stereocenters. The van der Waals surface area contributed by atoms with Crippen molar-refractivity contribution in [2.24, 2.45) is 0 Å². The number of pyridine rings is 1. The molecule has 2 aromatic rings. The number of carbonyl (C=O) groups excluding carboxylic acids is 1. The molecule has 1 aromatic carbocycles. The van der Waals surface area contributed by atoms with Crippen molar-refractivity contribution >= 4 is 27.4 Å². The van der Waals surface area contributed by atoms with Gasteiger partial charge in [0.25, 0.3) is 10.0 Å². The minimum atomic E-state index is -3.70. The van der Waals surface area contributed by atoms with Crippen LogP contribution >= 0.6 is 0 Å². The Morgan fingerprint density at radius 2 is 1.76 bits per heavy atom. The maximum absolute atomic E-state index is 12.2. The molecular formula is C14H15N3O3S. The van der Waals surface area contributed by atoms with Gasteiger partial charge in [-0.2, -0.15) is 0 Å². The van der Waals surface area contributed by atoms with Gasteiger partial charge in [0.2, 0.25) is 5.91 Å². The molecule has 0 bridgehead atoms. The van der Waals surface area contributed by atoms with Crippen LogP contribution in [0.5, 0.6) is 0 Å². The Morgan fingerprint density at radius 1 is 1.10 bits per heavy atom. The monoisotopic (exact) mass is 305 g/mol. The van der Waals surface area contributed by atoms with E-state index in [2.05, 4.69) is 15.0 Å². The van der Waals surface area contributed by atoms with Crippen LogP contribution in [0.2, 0.25) is 0 Å². The summed E-state index contributed by atoms with van der Waals surface area (Å²) >= 11 is 0. The summed E-state index contributed by atoms with van der Waals surface area (Å²) in [6, 6.07) is 11.0. The summed E-state index contributed by atoms with van der Waals surface area (Å²) in [5.41, 5.74) is 1.26. The zero-order valence-electron chi connectivity index (χ0n) is 11.6. The molecule has 1 aromatic heterocycles. The molecule has 0 spiro atoms. The predicted octanol–water partition coefficient (Wildman–Crippen LogP) is 2.15. The van der Waals surface area contributed by atoms with Crippen LogP contribution in [-0.4, -0.2) is 19.3 Å². The standard InChI is InChI=1S/C14H15N3O3S/c1-10-4-3-5-14(15-10)17-21(19,20)13-8-6-12(7-9-13)16-11(2)18/h3-9H,1-2H3,(H,15,17)(H,16,18). The molecule has 0 radical (unpaired) electrons. The van der Waals surface area contributed by atoms with Crippen molar-refractivity contribution in [2.75, 3.05) is 10.0 Å². The SMILES string of the molecule is CC(=O)Nc1ccc(S(=O)(=O)Nc2cccc(C)n2)cc1. The van der Waals surface area contributed by atoms with Gasteiger partial charge in [-0.3, -0.25) is 9.52 Å². The van der Waals surface area contributed by atoms with E-state index in [1.165, 1.54) is 31.2 Å². The smallest absolute Gasteiger partial charge is 0.263 e. The Labute approximate surface area is 123 Å². The number of aromatic nitrogens is 1. The van der Waals surface area contributed by atoms with E-state index in [4.69, 9.17) is 0 Å². The quantitative estimate of drug-likeness (QED) is 0.906. The van der Waals surface area contributed by atoms with Crippen molar-refractivity contribution < 1.29 is 13.2 Å². The summed E-state index contributed by atoms with van der Waals surface area (Å²) in [4.78, 5) is 15.1. The highest BCUT2D eigenvalue weighted by atomic mass is 32.2. The Balaban J connectivity index is 2.21. The summed E-state index contributed by atoms with van der Waals surface area (Å²) in [7, 11) is -3.70. The molecule has 1 heterocycles. The van der Waals surface area contributed by atoms with Crippen LogP contribution in [0.3, 0.4) is 0 Å². The van der Waals surface area contributed by atoms with Crippen molar-refractivity contribution in [3.8, 4) is 0 Å². The minimum Gasteiger partial charge on any atom is -0.326 e. The van der Waals surface area contributed by atoms with Gasteiger partial charge < -0.3 is 5.32 Å². The molecule has 0 aliphatic rings. The fourth-order valence-electron chi connectivity index (χ4n) is 1.72. The van der Waals surface area contributed by atoms with Crippen molar-refractivity contribution in [1.82, 2.24) is 4.98 Å². The molecule has 0 saturated carbocycles. The molecule has 110 valence electrons. The number of carbonyl (C=O) groups is 1. The number of hydrogen-bond donors (Lipinski definition) is 2. The van der Waals surface area contributed by atoms with E-state index in [1.54, 1.807) is 25.1 Å². The Hall–Kier alpha value is -2.41. The maximum Gasteiger partial charge on any atom is 0.263 e. The lowest BCUT2D eigenvalue weighted by molar-refractivity contribution is -0.114. The second-order valence-electron chi connectivity index (χ2n) is 4.48. The second-order valence-corrected chi connectivity index (χ2v) is 6.16. The normalized spacial score (nSPS) is 11.0. The van der Waals surface area contributed by atoms with Gasteiger partial charge in [0, 0.05) is 18.3 Å². The fraction of sp³-hybridized carbons (Fsp3) is 0.143. The van der Waals surface area contributed by atoms with Gasteiger partial charge in [0.15, 0.2) is 0 Å². The van der Waals surface area contributed by atoms with E-state index in [-0.39, 0.29) is 16.6 Å². The highest BCUT2D eigenvalue weighted by Gasteiger charge is 2.14. The minimum absolute atomic E-state index is 0.0971. The summed E-state index contributed by atoms with van der Waals surface area (Å²) in [6.07, 6.45) is 0. The molecular weight excluding hydrogens is 290 g/mol. The Kier molecular flexibility index (Phi) is 4.23. The van der Waals surface area contributed by atoms with Crippen molar-refractivity contribution in [3.05, 3.63) is 48.2 Å². The van der Waals surface area contributed by atoms with Gasteiger partial charge in [0.05, 0.1) is 4.90 Å². The third-order valence-electron chi connectivity index (χ3n) is 2.61. The highest BCUT2D eigenvalue weighted by Crippen LogP contribution is 2.17. The van der Waals surface area contributed by atoms with Gasteiger partial charge in [0.1, 0.15) is 5.82 Å². The van der Waals surface area contributed by atoms with Crippen LogP contribution in [0.1, 0.15) is 12.6 Å². The summed E-state index contributed by atoms with van der Waals surface area (Å²) < 4.78 is 26.8. The third-order valence-corrected chi connectivity index (χ3v) is 3.98. The van der Waals surface area contributed by atoms with Crippen LogP contribution in [0, 0.1) is 6.92 Å². The number of benzene rings is 1. The molecule has 0 aliphatic heterocycles. The number of amides is 1. The van der Waals surface area contributed by atoms with Gasteiger partial charge in [-0.1, -0.05) is 6.07 Å². The number of anilines is 2. The summed E-state index contributed by atoms with van der Waals surface area (Å²) in [5, 5.41) is 2.57. The fourth-order valence-corrected chi connectivity index (χ4v) is 2.72. The third kappa shape index (κ3) is 4.03. The molecule has 6 nitrogen and oxygen atoms in total.